The Morgan fingerprint density at radius 3 is 2.24 bits per heavy atom. The molecule has 4 unspecified atom stereocenters. The Balaban J connectivity index is 1.82. The summed E-state index contributed by atoms with van der Waals surface area (Å²) in [5.74, 6) is -3.20. The number of carboxylic acids is 1. The number of guanidine groups is 1. The van der Waals surface area contributed by atoms with Crippen LogP contribution in [-0.4, -0.2) is 87.0 Å². The number of nitrogens with two attached hydrogens (primary N) is 4. The van der Waals surface area contributed by atoms with Gasteiger partial charge in [0.1, 0.15) is 18.1 Å². The first-order valence-corrected chi connectivity index (χ1v) is 14.8. The number of hydrogen-bond acceptors (Lipinski definition) is 8. The number of unbranched alkanes of at least 4 members (excludes halogenated alkanes) is 1. The van der Waals surface area contributed by atoms with Crippen molar-refractivity contribution in [2.45, 2.75) is 69.1 Å². The molecule has 0 fully saturated rings. The molecule has 16 heteroatoms. The Bertz CT molecular complexity index is 1440. The van der Waals surface area contributed by atoms with Gasteiger partial charge in [-0.2, -0.15) is 0 Å². The lowest BCUT2D eigenvalue weighted by Gasteiger charge is -2.25. The molecule has 0 aliphatic carbocycles. The van der Waals surface area contributed by atoms with E-state index in [0.717, 1.165) is 16.5 Å². The van der Waals surface area contributed by atoms with Crippen molar-refractivity contribution in [1.29, 1.82) is 0 Å². The molecule has 14 N–H and O–H groups in total. The summed E-state index contributed by atoms with van der Waals surface area (Å²) in [6.07, 6.45) is 6.71. The maximum atomic E-state index is 13.7. The molecule has 0 radical (unpaired) electrons. The zero-order valence-electron chi connectivity index (χ0n) is 25.0. The summed E-state index contributed by atoms with van der Waals surface area (Å²) < 4.78 is 0. The number of hydrogen-bond donors (Lipinski definition) is 10. The number of nitrogens with one attached hydrogen (secondary N) is 5. The monoisotopic (exact) mass is 625 g/mol. The first kappa shape index (κ1) is 34.5. The van der Waals surface area contributed by atoms with E-state index in [-0.39, 0.29) is 38.2 Å². The van der Waals surface area contributed by atoms with Crippen molar-refractivity contribution in [1.82, 2.24) is 30.9 Å². The van der Waals surface area contributed by atoms with Gasteiger partial charge in [0.2, 0.25) is 17.7 Å². The molecule has 0 spiro atoms. The van der Waals surface area contributed by atoms with Crippen LogP contribution in [0.3, 0.4) is 0 Å². The van der Waals surface area contributed by atoms with E-state index in [1.54, 1.807) is 6.20 Å². The molecule has 45 heavy (non-hydrogen) atoms. The number of para-hydroxylation sites is 1. The smallest absolute Gasteiger partial charge is 0.326 e. The van der Waals surface area contributed by atoms with Crippen LogP contribution in [0.25, 0.3) is 10.9 Å². The van der Waals surface area contributed by atoms with Crippen LogP contribution in [0, 0.1) is 0 Å². The zero-order chi connectivity index (χ0) is 32.8. The molecular weight excluding hydrogens is 582 g/mol. The zero-order valence-corrected chi connectivity index (χ0v) is 25.0. The Hall–Kier alpha value is -4.96. The van der Waals surface area contributed by atoms with Crippen molar-refractivity contribution < 1.29 is 24.3 Å². The number of imidazole rings is 1. The topological polar surface area (TPSA) is 286 Å². The van der Waals surface area contributed by atoms with E-state index in [1.165, 1.54) is 12.5 Å². The Morgan fingerprint density at radius 1 is 0.889 bits per heavy atom. The quantitative estimate of drug-likeness (QED) is 0.0428. The summed E-state index contributed by atoms with van der Waals surface area (Å²) in [5, 5.41) is 18.6. The van der Waals surface area contributed by atoms with E-state index in [1.807, 2.05) is 24.3 Å². The lowest BCUT2D eigenvalue weighted by Crippen LogP contribution is -2.58. The van der Waals surface area contributed by atoms with Gasteiger partial charge >= 0.3 is 5.97 Å². The van der Waals surface area contributed by atoms with E-state index < -0.39 is 47.9 Å². The predicted octanol–water partition coefficient (Wildman–Crippen LogP) is -1.27. The molecule has 0 saturated carbocycles. The van der Waals surface area contributed by atoms with Gasteiger partial charge in [-0.15, -0.1) is 0 Å². The van der Waals surface area contributed by atoms with E-state index in [4.69, 9.17) is 22.9 Å². The molecule has 1 aromatic carbocycles. The molecule has 0 saturated heterocycles. The normalized spacial score (nSPS) is 13.7. The summed E-state index contributed by atoms with van der Waals surface area (Å²) in [6, 6.07) is 3.02. The number of carbonyl (C=O) groups is 4. The minimum Gasteiger partial charge on any atom is -0.480 e. The third kappa shape index (κ3) is 10.9. The van der Waals surface area contributed by atoms with Crippen molar-refractivity contribution in [2.75, 3.05) is 13.1 Å². The molecule has 0 bridgehead atoms. The minimum atomic E-state index is -1.20. The molecule has 3 aromatic rings. The number of aliphatic carboxylic acids is 1. The number of benzene rings is 1. The third-order valence-corrected chi connectivity index (χ3v) is 7.21. The number of fused-ring (bicyclic) bond motifs is 1. The van der Waals surface area contributed by atoms with Crippen LogP contribution < -0.4 is 38.9 Å². The molecule has 244 valence electrons. The van der Waals surface area contributed by atoms with Gasteiger partial charge in [-0.1, -0.05) is 18.2 Å². The van der Waals surface area contributed by atoms with Gasteiger partial charge in [0, 0.05) is 48.4 Å². The van der Waals surface area contributed by atoms with Gasteiger partial charge in [-0.25, -0.2) is 9.78 Å². The summed E-state index contributed by atoms with van der Waals surface area (Å²) >= 11 is 0. The Kier molecular flexibility index (Phi) is 13.3. The average Bonchev–Trinajstić information content (AvgIpc) is 3.68. The van der Waals surface area contributed by atoms with Crippen molar-refractivity contribution in [3.05, 3.63) is 54.2 Å². The van der Waals surface area contributed by atoms with Crippen LogP contribution in [0.4, 0.5) is 0 Å². The second-order valence-electron chi connectivity index (χ2n) is 10.7. The Morgan fingerprint density at radius 2 is 1.58 bits per heavy atom. The highest BCUT2D eigenvalue weighted by Gasteiger charge is 2.31. The second kappa shape index (κ2) is 17.4. The van der Waals surface area contributed by atoms with E-state index in [2.05, 4.69) is 35.9 Å². The molecule has 2 heterocycles. The molecule has 3 amide bonds. The highest BCUT2D eigenvalue weighted by Crippen LogP contribution is 2.19. The SMILES string of the molecule is NCCCCC(NC(=O)C(Cc1c[nH]c2ccccc12)NC(=O)C(Cc1cnc[nH]1)NC(=O)C(N)CCCN=C(N)N)C(=O)O. The number of amides is 3. The Labute approximate surface area is 260 Å². The van der Waals surface area contributed by atoms with Crippen LogP contribution >= 0.6 is 0 Å². The largest absolute Gasteiger partial charge is 0.480 e. The first-order valence-electron chi connectivity index (χ1n) is 14.8. The number of nitrogens with zero attached hydrogens (tertiary/aromatic N) is 2. The summed E-state index contributed by atoms with van der Waals surface area (Å²) in [4.78, 5) is 66.1. The summed E-state index contributed by atoms with van der Waals surface area (Å²) in [7, 11) is 0. The average molecular weight is 626 g/mol. The van der Waals surface area contributed by atoms with Crippen LogP contribution in [-0.2, 0) is 32.0 Å². The number of aromatic amines is 2. The van der Waals surface area contributed by atoms with Crippen molar-refractivity contribution in [2.24, 2.45) is 27.9 Å². The molecule has 0 aliphatic heterocycles. The fraction of sp³-hybridized carbons (Fsp3) is 0.448. The highest BCUT2D eigenvalue weighted by atomic mass is 16.4. The lowest BCUT2D eigenvalue weighted by molar-refractivity contribution is -0.142. The fourth-order valence-corrected chi connectivity index (χ4v) is 4.78. The van der Waals surface area contributed by atoms with Crippen LogP contribution in [0.5, 0.6) is 0 Å². The standard InChI is InChI=1S/C29H43N11O5/c30-10-4-3-9-22(28(44)45)38-26(42)23(12-17-14-36-21-8-2-1-6-19(17)21)40-27(43)24(13-18-15-34-16-37-18)39-25(41)20(31)7-5-11-35-29(32)33/h1-2,6,8,14-16,20,22-24,36H,3-5,7,9-13,30-31H2,(H,34,37)(H,38,42)(H,39,41)(H,40,43)(H,44,45)(H4,32,33,35). The second-order valence-corrected chi connectivity index (χ2v) is 10.7. The molecule has 4 atom stereocenters. The van der Waals surface area contributed by atoms with Gasteiger partial charge in [0.05, 0.1) is 12.4 Å². The number of aliphatic imine (C=N–C) groups is 1. The summed E-state index contributed by atoms with van der Waals surface area (Å²) in [6.45, 7) is 0.679. The maximum Gasteiger partial charge on any atom is 0.326 e. The molecule has 3 rings (SSSR count). The van der Waals surface area contributed by atoms with Crippen molar-refractivity contribution >= 4 is 40.6 Å². The van der Waals surface area contributed by atoms with Gasteiger partial charge in [0.25, 0.3) is 0 Å². The molecule has 16 nitrogen and oxygen atoms in total. The van der Waals surface area contributed by atoms with E-state index >= 15 is 0 Å². The number of aromatic nitrogens is 3. The minimum absolute atomic E-state index is 0.0244. The van der Waals surface area contributed by atoms with Gasteiger partial charge in [0.15, 0.2) is 5.96 Å². The van der Waals surface area contributed by atoms with Crippen LogP contribution in [0.1, 0.15) is 43.4 Å². The summed E-state index contributed by atoms with van der Waals surface area (Å²) in [5.41, 5.74) is 24.4. The van der Waals surface area contributed by atoms with Crippen molar-refractivity contribution in [3.8, 4) is 0 Å². The van der Waals surface area contributed by atoms with Crippen molar-refractivity contribution in [3.63, 3.8) is 0 Å². The van der Waals surface area contributed by atoms with Gasteiger partial charge < -0.3 is 54.0 Å². The molecular formula is C29H43N11O5. The number of H-pyrrole nitrogens is 2. The van der Waals surface area contributed by atoms with Gasteiger partial charge in [-0.05, 0) is 50.3 Å². The number of carbonyl (C=O) groups excluding carboxylic acids is 3. The van der Waals surface area contributed by atoms with Gasteiger partial charge in [-0.3, -0.25) is 19.4 Å². The number of carboxylic acid groups (broad SMARTS) is 1. The first-order chi connectivity index (χ1) is 21.6. The fourth-order valence-electron chi connectivity index (χ4n) is 4.78. The molecule has 0 aliphatic rings. The maximum absolute atomic E-state index is 13.7. The van der Waals surface area contributed by atoms with Crippen LogP contribution in [0.15, 0.2) is 48.0 Å². The van der Waals surface area contributed by atoms with E-state index in [0.29, 0.717) is 31.5 Å². The number of rotatable bonds is 19. The van der Waals surface area contributed by atoms with E-state index in [9.17, 15) is 24.3 Å². The van der Waals surface area contributed by atoms with Crippen LogP contribution in [0.2, 0.25) is 0 Å². The molecule has 2 aromatic heterocycles. The lowest BCUT2D eigenvalue weighted by atomic mass is 10.0. The third-order valence-electron chi connectivity index (χ3n) is 7.21. The predicted molar refractivity (Wildman–Crippen MR) is 169 cm³/mol. The highest BCUT2D eigenvalue weighted by molar-refractivity contribution is 5.95.